The van der Waals surface area contributed by atoms with E-state index in [1.807, 2.05) is 24.3 Å². The van der Waals surface area contributed by atoms with Crippen LogP contribution in [0.4, 0.5) is 0 Å². The van der Waals surface area contributed by atoms with Gasteiger partial charge in [0.1, 0.15) is 6.10 Å². The first kappa shape index (κ1) is 9.60. The summed E-state index contributed by atoms with van der Waals surface area (Å²) in [5.74, 6) is -0.649. The molecule has 2 aliphatic rings. The van der Waals surface area contributed by atoms with E-state index in [2.05, 4.69) is 6.58 Å². The molecule has 3 nitrogen and oxygen atoms in total. The molecule has 16 heavy (non-hydrogen) atoms. The summed E-state index contributed by atoms with van der Waals surface area (Å²) in [6, 6.07) is 7.68. The highest BCUT2D eigenvalue weighted by molar-refractivity contribution is 5.91. The summed E-state index contributed by atoms with van der Waals surface area (Å²) < 4.78 is 5.21. The van der Waals surface area contributed by atoms with Crippen LogP contribution in [0.3, 0.4) is 0 Å². The number of aliphatic hydroxyl groups excluding tert-OH is 1. The van der Waals surface area contributed by atoms with Gasteiger partial charge in [-0.3, -0.25) is 0 Å². The van der Waals surface area contributed by atoms with E-state index in [9.17, 15) is 9.90 Å². The number of hydrogen-bond donors (Lipinski definition) is 1. The SMILES string of the molecule is C=C1C(=O)O[C@H]2Cc3ccccc3[C@@H](O)[C@@H]12. The predicted octanol–water partition coefficient (Wildman–Crippen LogP) is 1.37. The van der Waals surface area contributed by atoms with Crippen LogP contribution in [0.2, 0.25) is 0 Å². The van der Waals surface area contributed by atoms with Crippen molar-refractivity contribution >= 4 is 5.97 Å². The Morgan fingerprint density at radius 2 is 2.12 bits per heavy atom. The zero-order valence-corrected chi connectivity index (χ0v) is 8.72. The van der Waals surface area contributed by atoms with E-state index in [1.165, 1.54) is 0 Å². The van der Waals surface area contributed by atoms with Crippen molar-refractivity contribution in [2.24, 2.45) is 5.92 Å². The molecule has 0 bridgehead atoms. The van der Waals surface area contributed by atoms with Gasteiger partial charge in [-0.05, 0) is 11.1 Å². The highest BCUT2D eigenvalue weighted by atomic mass is 16.6. The number of hydrogen-bond acceptors (Lipinski definition) is 3. The molecule has 1 fully saturated rings. The van der Waals surface area contributed by atoms with Gasteiger partial charge < -0.3 is 9.84 Å². The lowest BCUT2D eigenvalue weighted by molar-refractivity contribution is -0.139. The molecule has 1 heterocycles. The molecule has 1 aliphatic carbocycles. The fourth-order valence-corrected chi connectivity index (χ4v) is 2.63. The molecule has 0 unspecified atom stereocenters. The lowest BCUT2D eigenvalue weighted by Gasteiger charge is -2.30. The van der Waals surface area contributed by atoms with Crippen LogP contribution >= 0.6 is 0 Å². The Hall–Kier alpha value is -1.61. The highest BCUT2D eigenvalue weighted by Gasteiger charge is 2.46. The Morgan fingerprint density at radius 1 is 1.38 bits per heavy atom. The zero-order chi connectivity index (χ0) is 11.3. The van der Waals surface area contributed by atoms with Crippen LogP contribution in [0.5, 0.6) is 0 Å². The van der Waals surface area contributed by atoms with Crippen LogP contribution in [0.15, 0.2) is 36.4 Å². The molecule has 1 aliphatic heterocycles. The van der Waals surface area contributed by atoms with Gasteiger partial charge in [0.2, 0.25) is 0 Å². The Morgan fingerprint density at radius 3 is 2.94 bits per heavy atom. The zero-order valence-electron chi connectivity index (χ0n) is 8.72. The Labute approximate surface area is 93.4 Å². The Bertz CT molecular complexity index is 478. The monoisotopic (exact) mass is 216 g/mol. The molecule has 1 aromatic carbocycles. The maximum atomic E-state index is 11.4. The number of aliphatic hydroxyl groups is 1. The van der Waals surface area contributed by atoms with Gasteiger partial charge in [0, 0.05) is 12.0 Å². The molecule has 1 N–H and O–H groups in total. The van der Waals surface area contributed by atoms with Crippen molar-refractivity contribution in [3.63, 3.8) is 0 Å². The standard InChI is InChI=1S/C13H12O3/c1-7-11-10(16-13(7)15)6-8-4-2-3-5-9(8)12(11)14/h2-5,10-12,14H,1,6H2/t10-,11-,12+/m0/s1. The van der Waals surface area contributed by atoms with E-state index in [0.29, 0.717) is 12.0 Å². The van der Waals surface area contributed by atoms with Gasteiger partial charge in [-0.15, -0.1) is 0 Å². The fraction of sp³-hybridized carbons (Fsp3) is 0.308. The molecule has 0 amide bonds. The van der Waals surface area contributed by atoms with E-state index in [4.69, 9.17) is 4.74 Å². The summed E-state index contributed by atoms with van der Waals surface area (Å²) in [6.45, 7) is 3.71. The molecule has 1 aromatic rings. The van der Waals surface area contributed by atoms with Crippen molar-refractivity contribution < 1.29 is 14.6 Å². The van der Waals surface area contributed by atoms with Crippen LogP contribution in [0, 0.1) is 5.92 Å². The second-order valence-corrected chi connectivity index (χ2v) is 4.34. The quantitative estimate of drug-likeness (QED) is 0.526. The van der Waals surface area contributed by atoms with Gasteiger partial charge >= 0.3 is 5.97 Å². The molecule has 0 aromatic heterocycles. The van der Waals surface area contributed by atoms with E-state index < -0.39 is 6.10 Å². The second-order valence-electron chi connectivity index (χ2n) is 4.34. The van der Waals surface area contributed by atoms with E-state index in [1.54, 1.807) is 0 Å². The van der Waals surface area contributed by atoms with Crippen LogP contribution in [-0.2, 0) is 16.0 Å². The molecule has 0 radical (unpaired) electrons. The molecule has 82 valence electrons. The Kier molecular flexibility index (Phi) is 1.91. The minimum Gasteiger partial charge on any atom is -0.458 e. The largest absolute Gasteiger partial charge is 0.458 e. The van der Waals surface area contributed by atoms with E-state index >= 15 is 0 Å². The van der Waals surface area contributed by atoms with Crippen molar-refractivity contribution in [3.8, 4) is 0 Å². The molecular formula is C13H12O3. The summed E-state index contributed by atoms with van der Waals surface area (Å²) in [4.78, 5) is 11.4. The third-order valence-electron chi connectivity index (χ3n) is 3.46. The van der Waals surface area contributed by atoms with E-state index in [-0.39, 0.29) is 18.0 Å². The minimum atomic E-state index is -0.672. The summed E-state index contributed by atoms with van der Waals surface area (Å²) >= 11 is 0. The first-order valence-corrected chi connectivity index (χ1v) is 5.34. The van der Waals surface area contributed by atoms with E-state index in [0.717, 1.165) is 11.1 Å². The minimum absolute atomic E-state index is 0.245. The van der Waals surface area contributed by atoms with Gasteiger partial charge in [0.05, 0.1) is 12.0 Å². The normalized spacial score (nSPS) is 31.9. The third kappa shape index (κ3) is 1.15. The van der Waals surface area contributed by atoms with Crippen molar-refractivity contribution in [3.05, 3.63) is 47.5 Å². The van der Waals surface area contributed by atoms with Crippen LogP contribution in [0.1, 0.15) is 17.2 Å². The summed E-state index contributed by atoms with van der Waals surface area (Å²) in [6.07, 6.45) is -0.248. The lowest BCUT2D eigenvalue weighted by atomic mass is 9.77. The topological polar surface area (TPSA) is 46.5 Å². The molecular weight excluding hydrogens is 204 g/mol. The fourth-order valence-electron chi connectivity index (χ4n) is 2.63. The number of carbonyl (C=O) groups excluding carboxylic acids is 1. The average molecular weight is 216 g/mol. The second kappa shape index (κ2) is 3.19. The van der Waals surface area contributed by atoms with Crippen LogP contribution in [-0.4, -0.2) is 17.2 Å². The van der Waals surface area contributed by atoms with Crippen LogP contribution in [0.25, 0.3) is 0 Å². The molecule has 0 spiro atoms. The van der Waals surface area contributed by atoms with Gasteiger partial charge in [-0.1, -0.05) is 30.8 Å². The maximum absolute atomic E-state index is 11.4. The smallest absolute Gasteiger partial charge is 0.334 e. The Balaban J connectivity index is 2.08. The summed E-state index contributed by atoms with van der Waals surface area (Å²) in [5, 5.41) is 10.2. The van der Waals surface area contributed by atoms with Gasteiger partial charge in [-0.25, -0.2) is 4.79 Å². The molecule has 0 saturated carbocycles. The number of carbonyl (C=O) groups is 1. The predicted molar refractivity (Wildman–Crippen MR) is 57.6 cm³/mol. The van der Waals surface area contributed by atoms with Crippen molar-refractivity contribution in [1.82, 2.24) is 0 Å². The van der Waals surface area contributed by atoms with Gasteiger partial charge in [-0.2, -0.15) is 0 Å². The van der Waals surface area contributed by atoms with Crippen molar-refractivity contribution in [1.29, 1.82) is 0 Å². The van der Waals surface area contributed by atoms with Gasteiger partial charge in [0.25, 0.3) is 0 Å². The van der Waals surface area contributed by atoms with Crippen LogP contribution < -0.4 is 0 Å². The number of esters is 1. The van der Waals surface area contributed by atoms with Gasteiger partial charge in [0.15, 0.2) is 0 Å². The maximum Gasteiger partial charge on any atom is 0.334 e. The molecule has 3 heteroatoms. The molecule has 3 atom stereocenters. The number of benzene rings is 1. The number of ether oxygens (including phenoxy) is 1. The molecule has 3 rings (SSSR count). The number of rotatable bonds is 0. The molecule has 1 saturated heterocycles. The number of fused-ring (bicyclic) bond motifs is 2. The lowest BCUT2D eigenvalue weighted by Crippen LogP contribution is -2.31. The first-order valence-electron chi connectivity index (χ1n) is 5.34. The van der Waals surface area contributed by atoms with Crippen molar-refractivity contribution in [2.45, 2.75) is 18.6 Å². The summed E-state index contributed by atoms with van der Waals surface area (Å²) in [5.41, 5.74) is 2.34. The highest BCUT2D eigenvalue weighted by Crippen LogP contribution is 2.43. The first-order chi connectivity index (χ1) is 7.68. The summed E-state index contributed by atoms with van der Waals surface area (Å²) in [7, 11) is 0. The average Bonchev–Trinajstić information content (AvgIpc) is 2.55. The third-order valence-corrected chi connectivity index (χ3v) is 3.46. The van der Waals surface area contributed by atoms with Crippen molar-refractivity contribution in [2.75, 3.05) is 0 Å².